The van der Waals surface area contributed by atoms with Crippen molar-refractivity contribution < 1.29 is 14.2 Å². The maximum absolute atomic E-state index is 6.12. The molecule has 192 valence electrons. The summed E-state index contributed by atoms with van der Waals surface area (Å²) in [5, 5.41) is 6.99. The number of nitrogen functional groups attached to an aromatic ring is 1. The van der Waals surface area contributed by atoms with Crippen molar-refractivity contribution in [3.05, 3.63) is 72.4 Å². The third-order valence-electron chi connectivity index (χ3n) is 6.08. The van der Waals surface area contributed by atoms with E-state index in [9.17, 15) is 0 Å². The van der Waals surface area contributed by atoms with Crippen molar-refractivity contribution in [1.29, 1.82) is 0 Å². The average Bonchev–Trinajstić information content (AvgIpc) is 3.43. The largest absolute Gasteiger partial charge is 0.493 e. The third-order valence-corrected chi connectivity index (χ3v) is 6.08. The number of anilines is 1. The number of H-pyrrole nitrogens is 1. The van der Waals surface area contributed by atoms with Gasteiger partial charge in [-0.15, -0.1) is 0 Å². The fraction of sp³-hybridized carbons (Fsp3) is 0.393. The summed E-state index contributed by atoms with van der Waals surface area (Å²) in [5.41, 5.74) is 9.96. The minimum atomic E-state index is 0.628. The summed E-state index contributed by atoms with van der Waals surface area (Å²) in [6.45, 7) is 7.32. The Morgan fingerprint density at radius 2 is 1.97 bits per heavy atom. The molecule has 4 rings (SSSR count). The van der Waals surface area contributed by atoms with Gasteiger partial charge in [0.1, 0.15) is 18.1 Å². The van der Waals surface area contributed by atoms with Crippen LogP contribution in [-0.2, 0) is 11.3 Å². The Hall–Kier alpha value is -3.33. The van der Waals surface area contributed by atoms with Crippen LogP contribution in [0.3, 0.4) is 0 Å². The SMILES string of the molecule is CN(C/C=C/CCOc1cccc(-c2ccn[nH]2)c1)Cc1cc(N)ccc1OCCN1CCOCC1. The molecule has 2 aromatic carbocycles. The molecule has 0 spiro atoms. The zero-order chi connectivity index (χ0) is 25.0. The van der Waals surface area contributed by atoms with Crippen molar-refractivity contribution in [1.82, 2.24) is 20.0 Å². The number of nitrogens with zero attached hydrogens (tertiary/aromatic N) is 3. The Labute approximate surface area is 213 Å². The Balaban J connectivity index is 1.18. The molecule has 0 bridgehead atoms. The van der Waals surface area contributed by atoms with Gasteiger partial charge in [0.15, 0.2) is 0 Å². The summed E-state index contributed by atoms with van der Waals surface area (Å²) in [6.07, 6.45) is 6.93. The van der Waals surface area contributed by atoms with Gasteiger partial charge in [-0.2, -0.15) is 5.10 Å². The van der Waals surface area contributed by atoms with E-state index >= 15 is 0 Å². The van der Waals surface area contributed by atoms with Gasteiger partial charge in [0.2, 0.25) is 0 Å². The molecule has 3 aromatic rings. The molecule has 1 aliphatic rings. The van der Waals surface area contributed by atoms with E-state index in [0.717, 1.165) is 86.4 Å². The first-order valence-corrected chi connectivity index (χ1v) is 12.5. The van der Waals surface area contributed by atoms with Gasteiger partial charge >= 0.3 is 0 Å². The summed E-state index contributed by atoms with van der Waals surface area (Å²) in [5.74, 6) is 1.76. The van der Waals surface area contributed by atoms with Crippen LogP contribution in [-0.4, -0.2) is 79.7 Å². The molecule has 2 heterocycles. The highest BCUT2D eigenvalue weighted by atomic mass is 16.5. The van der Waals surface area contributed by atoms with E-state index < -0.39 is 0 Å². The van der Waals surface area contributed by atoms with Crippen molar-refractivity contribution in [3.8, 4) is 22.8 Å². The monoisotopic (exact) mass is 491 g/mol. The normalized spacial score (nSPS) is 14.5. The lowest BCUT2D eigenvalue weighted by Gasteiger charge is -2.26. The van der Waals surface area contributed by atoms with Gasteiger partial charge < -0.3 is 19.9 Å². The minimum Gasteiger partial charge on any atom is -0.493 e. The van der Waals surface area contributed by atoms with Crippen molar-refractivity contribution in [2.24, 2.45) is 0 Å². The van der Waals surface area contributed by atoms with Crippen LogP contribution in [0, 0.1) is 0 Å². The van der Waals surface area contributed by atoms with E-state index in [1.54, 1.807) is 6.20 Å². The summed E-state index contributed by atoms with van der Waals surface area (Å²) in [6, 6.07) is 15.9. The van der Waals surface area contributed by atoms with Gasteiger partial charge in [0, 0.05) is 55.7 Å². The Kier molecular flexibility index (Phi) is 9.78. The number of nitrogens with two attached hydrogens (primary N) is 1. The lowest BCUT2D eigenvalue weighted by atomic mass is 10.1. The Morgan fingerprint density at radius 1 is 1.08 bits per heavy atom. The summed E-state index contributed by atoms with van der Waals surface area (Å²) < 4.78 is 17.5. The zero-order valence-corrected chi connectivity index (χ0v) is 21.1. The summed E-state index contributed by atoms with van der Waals surface area (Å²) in [7, 11) is 2.10. The van der Waals surface area contributed by atoms with Crippen LogP contribution in [0.5, 0.6) is 11.5 Å². The number of likely N-dealkylation sites (N-methyl/N-ethyl adjacent to an activating group) is 1. The molecule has 36 heavy (non-hydrogen) atoms. The second-order valence-corrected chi connectivity index (χ2v) is 8.97. The number of benzene rings is 2. The molecule has 0 radical (unpaired) electrons. The van der Waals surface area contributed by atoms with Crippen LogP contribution in [0.2, 0.25) is 0 Å². The molecule has 0 unspecified atom stereocenters. The molecule has 0 saturated carbocycles. The number of nitrogens with one attached hydrogen (secondary N) is 1. The van der Waals surface area contributed by atoms with E-state index in [4.69, 9.17) is 19.9 Å². The number of rotatable bonds is 13. The molecule has 8 heteroatoms. The molecule has 1 fully saturated rings. The smallest absolute Gasteiger partial charge is 0.124 e. The number of ether oxygens (including phenoxy) is 3. The standard InChI is InChI=1S/C28H37N5O3/c1-32(12-3-2-4-16-35-26-7-5-6-23(21-26)27-10-11-30-31-27)22-24-20-25(29)8-9-28(24)36-19-15-33-13-17-34-18-14-33/h2-3,5-11,20-21H,4,12-19,22,29H2,1H3,(H,30,31)/b3-2+. The number of aromatic amines is 1. The van der Waals surface area contributed by atoms with Crippen molar-refractivity contribution in [3.63, 3.8) is 0 Å². The molecular formula is C28H37N5O3. The summed E-state index contributed by atoms with van der Waals surface area (Å²) >= 11 is 0. The van der Waals surface area contributed by atoms with Crippen molar-refractivity contribution in [2.75, 3.05) is 65.4 Å². The zero-order valence-electron chi connectivity index (χ0n) is 21.1. The quantitative estimate of drug-likeness (QED) is 0.213. The minimum absolute atomic E-state index is 0.628. The molecule has 8 nitrogen and oxygen atoms in total. The highest BCUT2D eigenvalue weighted by Crippen LogP contribution is 2.23. The van der Waals surface area contributed by atoms with Gasteiger partial charge in [0.05, 0.1) is 25.5 Å². The van der Waals surface area contributed by atoms with E-state index in [1.807, 2.05) is 48.5 Å². The topological polar surface area (TPSA) is 88.9 Å². The van der Waals surface area contributed by atoms with Crippen LogP contribution < -0.4 is 15.2 Å². The van der Waals surface area contributed by atoms with E-state index in [-0.39, 0.29) is 0 Å². The number of morpholine rings is 1. The second-order valence-electron chi connectivity index (χ2n) is 8.97. The molecular weight excluding hydrogens is 454 g/mol. The van der Waals surface area contributed by atoms with Crippen molar-refractivity contribution in [2.45, 2.75) is 13.0 Å². The Bertz CT molecular complexity index is 1080. The first-order chi connectivity index (χ1) is 17.7. The molecule has 1 aromatic heterocycles. The van der Waals surface area contributed by atoms with Crippen LogP contribution >= 0.6 is 0 Å². The molecule has 1 aliphatic heterocycles. The Morgan fingerprint density at radius 3 is 2.81 bits per heavy atom. The maximum Gasteiger partial charge on any atom is 0.124 e. The lowest BCUT2D eigenvalue weighted by Crippen LogP contribution is -2.38. The van der Waals surface area contributed by atoms with Crippen molar-refractivity contribution >= 4 is 5.69 Å². The van der Waals surface area contributed by atoms with Crippen LogP contribution in [0.1, 0.15) is 12.0 Å². The maximum atomic E-state index is 6.12. The number of hydrogen-bond donors (Lipinski definition) is 2. The predicted molar refractivity (Wildman–Crippen MR) is 143 cm³/mol. The van der Waals surface area contributed by atoms with E-state index in [1.165, 1.54) is 0 Å². The lowest BCUT2D eigenvalue weighted by molar-refractivity contribution is 0.0321. The average molecular weight is 492 g/mol. The van der Waals surface area contributed by atoms with Gasteiger partial charge in [0.25, 0.3) is 0 Å². The second kappa shape index (κ2) is 13.7. The van der Waals surface area contributed by atoms with Gasteiger partial charge in [-0.3, -0.25) is 14.9 Å². The molecule has 0 aliphatic carbocycles. The fourth-order valence-electron chi connectivity index (χ4n) is 4.12. The van der Waals surface area contributed by atoms with Crippen LogP contribution in [0.25, 0.3) is 11.3 Å². The van der Waals surface area contributed by atoms with E-state index in [2.05, 4.69) is 39.2 Å². The molecule has 1 saturated heterocycles. The first-order valence-electron chi connectivity index (χ1n) is 12.5. The number of aromatic nitrogens is 2. The van der Waals surface area contributed by atoms with Gasteiger partial charge in [-0.1, -0.05) is 24.3 Å². The molecule has 3 N–H and O–H groups in total. The molecule has 0 amide bonds. The van der Waals surface area contributed by atoms with Crippen LogP contribution in [0.15, 0.2) is 66.9 Å². The van der Waals surface area contributed by atoms with E-state index in [0.29, 0.717) is 13.2 Å². The predicted octanol–water partition coefficient (Wildman–Crippen LogP) is 3.83. The molecule has 0 atom stereocenters. The highest BCUT2D eigenvalue weighted by molar-refractivity contribution is 5.60. The highest BCUT2D eigenvalue weighted by Gasteiger charge is 2.11. The number of hydrogen-bond acceptors (Lipinski definition) is 7. The van der Waals surface area contributed by atoms with Gasteiger partial charge in [-0.05, 0) is 49.9 Å². The van der Waals surface area contributed by atoms with Gasteiger partial charge in [-0.25, -0.2) is 0 Å². The summed E-state index contributed by atoms with van der Waals surface area (Å²) in [4.78, 5) is 4.62. The first kappa shape index (κ1) is 25.8. The third kappa shape index (κ3) is 8.12. The van der Waals surface area contributed by atoms with Crippen LogP contribution in [0.4, 0.5) is 5.69 Å². The fourth-order valence-corrected chi connectivity index (χ4v) is 4.12.